The minimum Gasteiger partial charge on any atom is -0.508 e. The van der Waals surface area contributed by atoms with Crippen LogP contribution in [0.25, 0.3) is 0 Å². The lowest BCUT2D eigenvalue weighted by atomic mass is 10.0. The molecule has 0 aliphatic rings. The van der Waals surface area contributed by atoms with Crippen molar-refractivity contribution < 1.29 is 5.11 Å². The number of phenolic OH excluding ortho intramolecular Hbond substituents is 1. The summed E-state index contributed by atoms with van der Waals surface area (Å²) in [6, 6.07) is 15.9. The van der Waals surface area contributed by atoms with Crippen molar-refractivity contribution in [1.29, 1.82) is 0 Å². The minimum absolute atomic E-state index is 0.0864. The molecule has 0 heterocycles. The van der Waals surface area contributed by atoms with E-state index < -0.39 is 0 Å². The Morgan fingerprint density at radius 2 is 1.42 bits per heavy atom. The zero-order chi connectivity index (χ0) is 13.8. The second-order valence-corrected chi connectivity index (χ2v) is 5.54. The van der Waals surface area contributed by atoms with E-state index in [1.54, 1.807) is 6.07 Å². The monoisotopic (exact) mass is 319 g/mol. The van der Waals surface area contributed by atoms with E-state index in [-0.39, 0.29) is 12.1 Å². The van der Waals surface area contributed by atoms with E-state index in [4.69, 9.17) is 0 Å². The smallest absolute Gasteiger partial charge is 0.120 e. The van der Waals surface area contributed by atoms with Crippen molar-refractivity contribution >= 4 is 15.9 Å². The molecule has 0 aliphatic heterocycles. The minimum atomic E-state index is 0.0864. The summed E-state index contributed by atoms with van der Waals surface area (Å²) in [6.07, 6.45) is 0. The van der Waals surface area contributed by atoms with Gasteiger partial charge in [0.2, 0.25) is 0 Å². The first-order valence-electron chi connectivity index (χ1n) is 6.38. The molecular weight excluding hydrogens is 302 g/mol. The summed E-state index contributed by atoms with van der Waals surface area (Å²) in [5.41, 5.74) is 2.13. The molecule has 2 rings (SSSR count). The highest BCUT2D eigenvalue weighted by Crippen LogP contribution is 2.28. The molecule has 2 aromatic carbocycles. The molecule has 2 nitrogen and oxygen atoms in total. The quantitative estimate of drug-likeness (QED) is 0.865. The van der Waals surface area contributed by atoms with Gasteiger partial charge in [0.15, 0.2) is 0 Å². The SMILES string of the molecule is CC(N[C@@H](C)c1ccccc1Br)c1ccccc1O. The van der Waals surface area contributed by atoms with Crippen LogP contribution in [0.1, 0.15) is 37.1 Å². The largest absolute Gasteiger partial charge is 0.508 e. The van der Waals surface area contributed by atoms with Crippen molar-refractivity contribution in [1.82, 2.24) is 5.32 Å². The lowest BCUT2D eigenvalue weighted by Gasteiger charge is -2.22. The summed E-state index contributed by atoms with van der Waals surface area (Å²) in [4.78, 5) is 0. The van der Waals surface area contributed by atoms with Gasteiger partial charge in [-0.1, -0.05) is 52.3 Å². The predicted molar refractivity (Wildman–Crippen MR) is 82.2 cm³/mol. The summed E-state index contributed by atoms with van der Waals surface area (Å²) in [6.45, 7) is 4.18. The van der Waals surface area contributed by atoms with E-state index in [0.29, 0.717) is 5.75 Å². The van der Waals surface area contributed by atoms with Crippen LogP contribution < -0.4 is 5.32 Å². The molecule has 2 aromatic rings. The van der Waals surface area contributed by atoms with Gasteiger partial charge in [-0.05, 0) is 31.5 Å². The first kappa shape index (κ1) is 14.1. The van der Waals surface area contributed by atoms with Crippen LogP contribution >= 0.6 is 15.9 Å². The number of rotatable bonds is 4. The summed E-state index contributed by atoms with van der Waals surface area (Å²) in [5, 5.41) is 13.4. The van der Waals surface area contributed by atoms with Gasteiger partial charge in [-0.15, -0.1) is 0 Å². The Morgan fingerprint density at radius 1 is 0.895 bits per heavy atom. The molecule has 0 fully saturated rings. The Bertz CT molecular complexity index is 506. The Hall–Kier alpha value is -1.32. The summed E-state index contributed by atoms with van der Waals surface area (Å²) in [7, 11) is 0. The lowest BCUT2D eigenvalue weighted by Crippen LogP contribution is -2.22. The summed E-state index contributed by atoms with van der Waals surface area (Å²) < 4.78 is 1.10. The normalized spacial score (nSPS) is 14.1. The maximum absolute atomic E-state index is 9.87. The predicted octanol–water partition coefficient (Wildman–Crippen LogP) is 4.57. The first-order valence-corrected chi connectivity index (χ1v) is 7.17. The Labute approximate surface area is 122 Å². The van der Waals surface area contributed by atoms with Gasteiger partial charge in [-0.2, -0.15) is 0 Å². The Kier molecular flexibility index (Phi) is 4.61. The highest BCUT2D eigenvalue weighted by atomic mass is 79.9. The van der Waals surface area contributed by atoms with Crippen molar-refractivity contribution in [3.8, 4) is 5.75 Å². The topological polar surface area (TPSA) is 32.3 Å². The molecule has 0 radical (unpaired) electrons. The number of aromatic hydroxyl groups is 1. The van der Waals surface area contributed by atoms with Gasteiger partial charge in [-0.3, -0.25) is 0 Å². The van der Waals surface area contributed by atoms with E-state index in [1.165, 1.54) is 5.56 Å². The third-order valence-electron chi connectivity index (χ3n) is 3.27. The van der Waals surface area contributed by atoms with Crippen LogP contribution in [0.4, 0.5) is 0 Å². The Morgan fingerprint density at radius 3 is 2.05 bits per heavy atom. The van der Waals surface area contributed by atoms with Crippen LogP contribution in [0.2, 0.25) is 0 Å². The molecule has 100 valence electrons. The fraction of sp³-hybridized carbons (Fsp3) is 0.250. The second kappa shape index (κ2) is 6.22. The summed E-state index contributed by atoms with van der Waals surface area (Å²) in [5.74, 6) is 0.335. The first-order chi connectivity index (χ1) is 9.09. The maximum atomic E-state index is 9.87. The highest BCUT2D eigenvalue weighted by molar-refractivity contribution is 9.10. The molecule has 0 amide bonds. The molecule has 0 saturated carbocycles. The van der Waals surface area contributed by atoms with Crippen LogP contribution in [-0.2, 0) is 0 Å². The molecule has 0 aromatic heterocycles. The molecule has 3 heteroatoms. The number of benzene rings is 2. The van der Waals surface area contributed by atoms with E-state index in [0.717, 1.165) is 10.0 Å². The van der Waals surface area contributed by atoms with E-state index in [9.17, 15) is 5.11 Å². The van der Waals surface area contributed by atoms with Gasteiger partial charge >= 0.3 is 0 Å². The molecule has 0 aliphatic carbocycles. The molecule has 2 atom stereocenters. The second-order valence-electron chi connectivity index (χ2n) is 4.69. The van der Waals surface area contributed by atoms with Gasteiger partial charge in [0.25, 0.3) is 0 Å². The third kappa shape index (κ3) is 3.37. The van der Waals surface area contributed by atoms with Crippen LogP contribution in [0.5, 0.6) is 5.75 Å². The number of nitrogens with one attached hydrogen (secondary N) is 1. The third-order valence-corrected chi connectivity index (χ3v) is 4.00. The van der Waals surface area contributed by atoms with E-state index in [1.807, 2.05) is 36.4 Å². The number of hydrogen-bond acceptors (Lipinski definition) is 2. The number of halogens is 1. The fourth-order valence-electron chi connectivity index (χ4n) is 2.23. The zero-order valence-electron chi connectivity index (χ0n) is 11.1. The van der Waals surface area contributed by atoms with Crippen LogP contribution in [0.15, 0.2) is 53.0 Å². The van der Waals surface area contributed by atoms with Gasteiger partial charge < -0.3 is 10.4 Å². The van der Waals surface area contributed by atoms with Crippen molar-refractivity contribution in [3.63, 3.8) is 0 Å². The van der Waals surface area contributed by atoms with Crippen molar-refractivity contribution in [2.24, 2.45) is 0 Å². The van der Waals surface area contributed by atoms with Crippen LogP contribution in [0, 0.1) is 0 Å². The molecular formula is C16H18BrNO. The average Bonchev–Trinajstić information content (AvgIpc) is 2.39. The van der Waals surface area contributed by atoms with Crippen molar-refractivity contribution in [2.75, 3.05) is 0 Å². The van der Waals surface area contributed by atoms with Crippen molar-refractivity contribution in [3.05, 3.63) is 64.1 Å². The average molecular weight is 320 g/mol. The number of para-hydroxylation sites is 1. The van der Waals surface area contributed by atoms with Gasteiger partial charge in [0.05, 0.1) is 0 Å². The van der Waals surface area contributed by atoms with E-state index >= 15 is 0 Å². The molecule has 19 heavy (non-hydrogen) atoms. The molecule has 0 spiro atoms. The fourth-order valence-corrected chi connectivity index (χ4v) is 2.86. The number of phenols is 1. The summed E-state index contributed by atoms with van der Waals surface area (Å²) >= 11 is 3.57. The van der Waals surface area contributed by atoms with E-state index in [2.05, 4.69) is 41.2 Å². The number of hydrogen-bond donors (Lipinski definition) is 2. The maximum Gasteiger partial charge on any atom is 0.120 e. The van der Waals surface area contributed by atoms with Gasteiger partial charge in [0, 0.05) is 22.1 Å². The highest BCUT2D eigenvalue weighted by Gasteiger charge is 2.15. The standard InChI is InChI=1S/C16H18BrNO/c1-11(13-7-3-5-9-15(13)17)18-12(2)14-8-4-6-10-16(14)19/h3-12,18-19H,1-2H3/t11-,12?/m0/s1. The van der Waals surface area contributed by atoms with Crippen LogP contribution in [-0.4, -0.2) is 5.11 Å². The lowest BCUT2D eigenvalue weighted by molar-refractivity contribution is 0.438. The molecule has 2 N–H and O–H groups in total. The van der Waals surface area contributed by atoms with Crippen molar-refractivity contribution in [2.45, 2.75) is 25.9 Å². The molecule has 0 bridgehead atoms. The zero-order valence-corrected chi connectivity index (χ0v) is 12.7. The van der Waals surface area contributed by atoms with Crippen LogP contribution in [0.3, 0.4) is 0 Å². The molecule has 0 saturated heterocycles. The van der Waals surface area contributed by atoms with Gasteiger partial charge in [0.1, 0.15) is 5.75 Å². The Balaban J connectivity index is 2.13. The van der Waals surface area contributed by atoms with Gasteiger partial charge in [-0.25, -0.2) is 0 Å². The molecule has 1 unspecified atom stereocenters.